The minimum Gasteiger partial charge on any atom is -0.462 e. The van der Waals surface area contributed by atoms with Crippen molar-refractivity contribution in [2.45, 2.75) is 45.8 Å². The first kappa shape index (κ1) is 16.0. The molecule has 1 aliphatic rings. The molecule has 3 rings (SSSR count). The summed E-state index contributed by atoms with van der Waals surface area (Å²) in [6, 6.07) is 3.75. The van der Waals surface area contributed by atoms with Gasteiger partial charge in [-0.05, 0) is 52.2 Å². The highest BCUT2D eigenvalue weighted by atomic mass is 16.7. The summed E-state index contributed by atoms with van der Waals surface area (Å²) in [5, 5.41) is 4.18. The highest BCUT2D eigenvalue weighted by Gasteiger charge is 2.51. The number of fused-ring (bicyclic) bond motifs is 1. The molecule has 0 aliphatic carbocycles. The lowest BCUT2D eigenvalue weighted by Crippen LogP contribution is -2.41. The molecule has 0 saturated carbocycles. The Hall–Kier alpha value is -1.86. The van der Waals surface area contributed by atoms with E-state index >= 15 is 0 Å². The fourth-order valence-corrected chi connectivity index (χ4v) is 2.49. The number of carbonyl (C=O) groups is 1. The lowest BCUT2D eigenvalue weighted by atomic mass is 9.79. The second-order valence-corrected chi connectivity index (χ2v) is 6.66. The van der Waals surface area contributed by atoms with E-state index in [0.29, 0.717) is 17.7 Å². The van der Waals surface area contributed by atoms with E-state index in [1.165, 1.54) is 6.20 Å². The monoisotopic (exact) mass is 316 g/mol. The van der Waals surface area contributed by atoms with Crippen LogP contribution in [0.15, 0.2) is 24.5 Å². The third-order valence-corrected chi connectivity index (χ3v) is 4.57. The Labute approximate surface area is 135 Å². The van der Waals surface area contributed by atoms with Crippen LogP contribution in [0.25, 0.3) is 5.52 Å². The minimum atomic E-state index is -0.477. The first-order valence-corrected chi connectivity index (χ1v) is 7.75. The minimum absolute atomic E-state index is 0.326. The van der Waals surface area contributed by atoms with Crippen molar-refractivity contribution in [3.05, 3.63) is 30.1 Å². The van der Waals surface area contributed by atoms with Gasteiger partial charge in [0.25, 0.3) is 0 Å². The molecule has 2 aromatic heterocycles. The second kappa shape index (κ2) is 5.35. The van der Waals surface area contributed by atoms with E-state index in [2.05, 4.69) is 5.10 Å². The standard InChI is InChI=1S/C16H21BN2O4/c1-6-21-14(20)12-10-18-19-8-7-11(9-13(12)19)17-22-15(2,3)16(4,5)23-17/h7-10H,6H2,1-5H3. The van der Waals surface area contributed by atoms with Gasteiger partial charge in [0.15, 0.2) is 0 Å². The van der Waals surface area contributed by atoms with Crippen LogP contribution in [-0.2, 0) is 14.0 Å². The average molecular weight is 316 g/mol. The van der Waals surface area contributed by atoms with E-state index in [-0.39, 0.29) is 5.97 Å². The summed E-state index contributed by atoms with van der Waals surface area (Å²) in [4.78, 5) is 12.0. The Bertz CT molecular complexity index is 738. The molecule has 23 heavy (non-hydrogen) atoms. The molecule has 6 nitrogen and oxygen atoms in total. The number of carbonyl (C=O) groups excluding carboxylic acids is 1. The van der Waals surface area contributed by atoms with Crippen LogP contribution >= 0.6 is 0 Å². The quantitative estimate of drug-likeness (QED) is 0.638. The molecular formula is C16H21BN2O4. The average Bonchev–Trinajstić information content (AvgIpc) is 2.97. The largest absolute Gasteiger partial charge is 0.494 e. The maximum absolute atomic E-state index is 12.0. The highest BCUT2D eigenvalue weighted by Crippen LogP contribution is 2.36. The Balaban J connectivity index is 1.97. The van der Waals surface area contributed by atoms with Crippen LogP contribution in [0.4, 0.5) is 0 Å². The maximum Gasteiger partial charge on any atom is 0.494 e. The molecule has 0 N–H and O–H groups in total. The van der Waals surface area contributed by atoms with Gasteiger partial charge < -0.3 is 14.0 Å². The smallest absolute Gasteiger partial charge is 0.462 e. The van der Waals surface area contributed by atoms with Crippen molar-refractivity contribution < 1.29 is 18.8 Å². The molecule has 0 radical (unpaired) electrons. The van der Waals surface area contributed by atoms with Crippen molar-refractivity contribution in [3.8, 4) is 0 Å². The lowest BCUT2D eigenvalue weighted by molar-refractivity contribution is 0.00578. The number of hydrogen-bond acceptors (Lipinski definition) is 5. The summed E-state index contributed by atoms with van der Waals surface area (Å²) >= 11 is 0. The van der Waals surface area contributed by atoms with Crippen LogP contribution < -0.4 is 5.46 Å². The number of pyridine rings is 1. The fourth-order valence-electron chi connectivity index (χ4n) is 2.49. The molecule has 0 aromatic carbocycles. The summed E-state index contributed by atoms with van der Waals surface area (Å²) in [6.45, 7) is 10.1. The number of esters is 1. The molecule has 2 aromatic rings. The molecule has 0 unspecified atom stereocenters. The molecular weight excluding hydrogens is 295 g/mol. The van der Waals surface area contributed by atoms with Crippen molar-refractivity contribution in [1.82, 2.24) is 9.61 Å². The van der Waals surface area contributed by atoms with E-state index in [1.807, 2.05) is 39.8 Å². The van der Waals surface area contributed by atoms with Gasteiger partial charge in [-0.25, -0.2) is 9.31 Å². The Morgan fingerprint density at radius 1 is 1.30 bits per heavy atom. The summed E-state index contributed by atoms with van der Waals surface area (Å²) < 4.78 is 18.8. The first-order chi connectivity index (χ1) is 10.7. The van der Waals surface area contributed by atoms with E-state index in [0.717, 1.165) is 5.46 Å². The van der Waals surface area contributed by atoms with Crippen molar-refractivity contribution in [2.24, 2.45) is 0 Å². The van der Waals surface area contributed by atoms with Gasteiger partial charge in [-0.15, -0.1) is 0 Å². The molecule has 0 atom stereocenters. The maximum atomic E-state index is 12.0. The zero-order valence-electron chi connectivity index (χ0n) is 14.1. The molecule has 0 bridgehead atoms. The number of aromatic nitrogens is 2. The zero-order valence-corrected chi connectivity index (χ0v) is 14.1. The topological polar surface area (TPSA) is 62.1 Å². The predicted octanol–water partition coefficient (Wildman–Crippen LogP) is 1.81. The van der Waals surface area contributed by atoms with E-state index in [4.69, 9.17) is 14.0 Å². The third kappa shape index (κ3) is 2.64. The fraction of sp³-hybridized carbons (Fsp3) is 0.500. The Morgan fingerprint density at radius 3 is 2.57 bits per heavy atom. The van der Waals surface area contributed by atoms with Gasteiger partial charge >= 0.3 is 13.1 Å². The molecule has 122 valence electrons. The number of ether oxygens (including phenoxy) is 1. The number of nitrogens with zero attached hydrogens (tertiary/aromatic N) is 2. The molecule has 1 fully saturated rings. The van der Waals surface area contributed by atoms with Crippen LogP contribution in [-0.4, -0.2) is 40.5 Å². The molecule has 0 amide bonds. The molecule has 1 aliphatic heterocycles. The van der Waals surface area contributed by atoms with Gasteiger partial charge in [0, 0.05) is 6.20 Å². The first-order valence-electron chi connectivity index (χ1n) is 7.75. The van der Waals surface area contributed by atoms with Gasteiger partial charge in [-0.2, -0.15) is 5.10 Å². The predicted molar refractivity (Wildman–Crippen MR) is 86.9 cm³/mol. The van der Waals surface area contributed by atoms with Gasteiger partial charge in [0.05, 0.1) is 29.5 Å². The van der Waals surface area contributed by atoms with Crippen molar-refractivity contribution in [1.29, 1.82) is 0 Å². The summed E-state index contributed by atoms with van der Waals surface area (Å²) in [7, 11) is -0.477. The van der Waals surface area contributed by atoms with Gasteiger partial charge in [-0.3, -0.25) is 0 Å². The molecule has 3 heterocycles. The number of rotatable bonds is 3. The van der Waals surface area contributed by atoms with Crippen LogP contribution in [0.1, 0.15) is 45.0 Å². The summed E-state index contributed by atoms with van der Waals surface area (Å²) in [5.74, 6) is -0.381. The highest BCUT2D eigenvalue weighted by molar-refractivity contribution is 6.62. The third-order valence-electron chi connectivity index (χ3n) is 4.57. The normalized spacial score (nSPS) is 19.3. The zero-order chi connectivity index (χ0) is 16.8. The van der Waals surface area contributed by atoms with Gasteiger partial charge in [0.2, 0.25) is 0 Å². The van der Waals surface area contributed by atoms with Crippen LogP contribution in [0.5, 0.6) is 0 Å². The van der Waals surface area contributed by atoms with Crippen LogP contribution in [0, 0.1) is 0 Å². The van der Waals surface area contributed by atoms with E-state index in [9.17, 15) is 4.79 Å². The summed E-state index contributed by atoms with van der Waals surface area (Å²) in [6.07, 6.45) is 3.31. The van der Waals surface area contributed by atoms with Crippen LogP contribution in [0.3, 0.4) is 0 Å². The van der Waals surface area contributed by atoms with Gasteiger partial charge in [0.1, 0.15) is 5.56 Å². The SMILES string of the molecule is CCOC(=O)c1cnn2ccc(B3OC(C)(C)C(C)(C)O3)cc12. The number of hydrogen-bond donors (Lipinski definition) is 0. The lowest BCUT2D eigenvalue weighted by Gasteiger charge is -2.32. The van der Waals surface area contributed by atoms with Crippen LogP contribution in [0.2, 0.25) is 0 Å². The van der Waals surface area contributed by atoms with E-state index < -0.39 is 18.3 Å². The Morgan fingerprint density at radius 2 is 1.96 bits per heavy atom. The Kier molecular flexibility index (Phi) is 3.73. The molecule has 7 heteroatoms. The van der Waals surface area contributed by atoms with Crippen molar-refractivity contribution in [2.75, 3.05) is 6.61 Å². The summed E-state index contributed by atoms with van der Waals surface area (Å²) in [5.41, 5.74) is 1.14. The second-order valence-electron chi connectivity index (χ2n) is 6.66. The van der Waals surface area contributed by atoms with Gasteiger partial charge in [-0.1, -0.05) is 0 Å². The van der Waals surface area contributed by atoms with Crippen molar-refractivity contribution >= 4 is 24.1 Å². The molecule has 0 spiro atoms. The molecule has 1 saturated heterocycles. The van der Waals surface area contributed by atoms with E-state index in [1.54, 1.807) is 17.6 Å². The van der Waals surface area contributed by atoms with Crippen molar-refractivity contribution in [3.63, 3.8) is 0 Å².